The van der Waals surface area contributed by atoms with Gasteiger partial charge in [0.25, 0.3) is 0 Å². The Kier molecular flexibility index (Phi) is 2.71. The van der Waals surface area contributed by atoms with Gasteiger partial charge in [0.1, 0.15) is 0 Å². The van der Waals surface area contributed by atoms with Crippen molar-refractivity contribution in [3.63, 3.8) is 0 Å². The van der Waals surface area contributed by atoms with Crippen LogP contribution in [0.25, 0.3) is 0 Å². The summed E-state index contributed by atoms with van der Waals surface area (Å²) in [4.78, 5) is 10.9. The van der Waals surface area contributed by atoms with Crippen LogP contribution in [0.5, 0.6) is 0 Å². The van der Waals surface area contributed by atoms with Gasteiger partial charge < -0.3 is 5.11 Å². The van der Waals surface area contributed by atoms with Gasteiger partial charge in [0, 0.05) is 5.56 Å². The van der Waals surface area contributed by atoms with Crippen LogP contribution >= 0.6 is 11.3 Å². The molecule has 1 aromatic heterocycles. The maximum atomic E-state index is 13.1. The lowest BCUT2D eigenvalue weighted by molar-refractivity contribution is -0.143. The van der Waals surface area contributed by atoms with Crippen LogP contribution in [-0.4, -0.2) is 11.1 Å². The minimum atomic E-state index is -1.09. The minimum Gasteiger partial charge on any atom is -0.481 e. The molecule has 0 spiro atoms. The Labute approximate surface area is 80.0 Å². The van der Waals surface area contributed by atoms with Gasteiger partial charge in [0.2, 0.25) is 0 Å². The number of carbonyl (C=O) groups is 1. The molecule has 0 aliphatic carbocycles. The first-order valence-corrected chi connectivity index (χ1v) is 4.87. The summed E-state index contributed by atoms with van der Waals surface area (Å²) in [6.45, 7) is 3.28. The SMILES string of the molecule is CCC(C)(C(=O)O)c1ccsc1F. The summed E-state index contributed by atoms with van der Waals surface area (Å²) < 4.78 is 13.1. The second-order valence-electron chi connectivity index (χ2n) is 3.10. The number of carboxylic acids is 1. The Morgan fingerprint density at radius 3 is 2.69 bits per heavy atom. The molecule has 0 aliphatic heterocycles. The standard InChI is InChI=1S/C9H11FO2S/c1-3-9(2,8(11)12)6-4-5-13-7(6)10/h4-5H,3H2,1-2H3,(H,11,12). The van der Waals surface area contributed by atoms with Crippen molar-refractivity contribution in [1.29, 1.82) is 0 Å². The van der Waals surface area contributed by atoms with Crippen molar-refractivity contribution in [3.8, 4) is 0 Å². The van der Waals surface area contributed by atoms with E-state index in [2.05, 4.69) is 0 Å². The summed E-state index contributed by atoms with van der Waals surface area (Å²) in [7, 11) is 0. The molecule has 0 saturated heterocycles. The van der Waals surface area contributed by atoms with E-state index in [4.69, 9.17) is 5.11 Å². The molecule has 1 atom stereocenters. The number of halogens is 1. The summed E-state index contributed by atoms with van der Waals surface area (Å²) in [6, 6.07) is 1.54. The first kappa shape index (κ1) is 10.2. The predicted octanol–water partition coefficient (Wildman–Crippen LogP) is 2.64. The van der Waals surface area contributed by atoms with E-state index in [1.807, 2.05) is 0 Å². The van der Waals surface area contributed by atoms with Gasteiger partial charge >= 0.3 is 5.97 Å². The summed E-state index contributed by atoms with van der Waals surface area (Å²) in [5, 5.41) is 10.1. The Morgan fingerprint density at radius 1 is 1.77 bits per heavy atom. The van der Waals surface area contributed by atoms with Gasteiger partial charge in [0.15, 0.2) is 5.13 Å². The van der Waals surface area contributed by atoms with E-state index < -0.39 is 16.5 Å². The van der Waals surface area contributed by atoms with Gasteiger partial charge in [-0.05, 0) is 24.8 Å². The smallest absolute Gasteiger partial charge is 0.313 e. The van der Waals surface area contributed by atoms with Crippen LogP contribution in [0.4, 0.5) is 4.39 Å². The molecule has 4 heteroatoms. The van der Waals surface area contributed by atoms with E-state index >= 15 is 0 Å². The van der Waals surface area contributed by atoms with Crippen molar-refractivity contribution >= 4 is 17.3 Å². The van der Waals surface area contributed by atoms with Crippen LogP contribution in [0.15, 0.2) is 11.4 Å². The zero-order chi connectivity index (χ0) is 10.1. The second kappa shape index (κ2) is 3.46. The van der Waals surface area contributed by atoms with Gasteiger partial charge in [-0.25, -0.2) is 0 Å². The lowest BCUT2D eigenvalue weighted by Gasteiger charge is -2.21. The molecule has 13 heavy (non-hydrogen) atoms. The fraction of sp³-hybridized carbons (Fsp3) is 0.444. The molecule has 0 bridgehead atoms. The van der Waals surface area contributed by atoms with E-state index in [1.54, 1.807) is 19.2 Å². The third-order valence-electron chi connectivity index (χ3n) is 2.39. The molecule has 1 aromatic rings. The molecular weight excluding hydrogens is 191 g/mol. The van der Waals surface area contributed by atoms with Crippen LogP contribution in [0.2, 0.25) is 0 Å². The third kappa shape index (κ3) is 1.58. The minimum absolute atomic E-state index is 0.285. The highest BCUT2D eigenvalue weighted by molar-refractivity contribution is 7.08. The van der Waals surface area contributed by atoms with E-state index in [-0.39, 0.29) is 5.56 Å². The number of hydrogen-bond donors (Lipinski definition) is 1. The molecule has 0 aromatic carbocycles. The van der Waals surface area contributed by atoms with Crippen LogP contribution in [0.1, 0.15) is 25.8 Å². The highest BCUT2D eigenvalue weighted by Crippen LogP contribution is 2.32. The highest BCUT2D eigenvalue weighted by Gasteiger charge is 2.36. The molecule has 1 heterocycles. The van der Waals surface area contributed by atoms with Crippen molar-refractivity contribution in [2.45, 2.75) is 25.7 Å². The van der Waals surface area contributed by atoms with E-state index in [1.165, 1.54) is 6.07 Å². The molecule has 0 saturated carbocycles. The van der Waals surface area contributed by atoms with Gasteiger partial charge in [-0.3, -0.25) is 4.79 Å². The first-order chi connectivity index (χ1) is 6.02. The lowest BCUT2D eigenvalue weighted by Crippen LogP contribution is -2.31. The van der Waals surface area contributed by atoms with Crippen molar-refractivity contribution in [2.75, 3.05) is 0 Å². The predicted molar refractivity (Wildman–Crippen MR) is 49.6 cm³/mol. The van der Waals surface area contributed by atoms with Crippen LogP contribution in [0, 0.1) is 5.13 Å². The Bertz CT molecular complexity index is 321. The average molecular weight is 202 g/mol. The number of rotatable bonds is 3. The van der Waals surface area contributed by atoms with Crippen LogP contribution < -0.4 is 0 Å². The molecule has 0 amide bonds. The normalized spacial score (nSPS) is 15.3. The number of thiophene rings is 1. The molecule has 2 nitrogen and oxygen atoms in total. The molecule has 72 valence electrons. The molecule has 0 fully saturated rings. The number of carboxylic acid groups (broad SMARTS) is 1. The van der Waals surface area contributed by atoms with Gasteiger partial charge in [-0.2, -0.15) is 4.39 Å². The lowest BCUT2D eigenvalue weighted by atomic mass is 9.82. The Balaban J connectivity index is 3.17. The Morgan fingerprint density at radius 2 is 2.38 bits per heavy atom. The van der Waals surface area contributed by atoms with Crippen molar-refractivity contribution in [1.82, 2.24) is 0 Å². The fourth-order valence-electron chi connectivity index (χ4n) is 1.15. The van der Waals surface area contributed by atoms with Crippen molar-refractivity contribution in [2.24, 2.45) is 0 Å². The average Bonchev–Trinajstić information content (AvgIpc) is 2.50. The second-order valence-corrected chi connectivity index (χ2v) is 3.97. The van der Waals surface area contributed by atoms with Crippen LogP contribution in [-0.2, 0) is 10.2 Å². The summed E-state index contributed by atoms with van der Waals surface area (Å²) in [5.41, 5.74) is -0.808. The summed E-state index contributed by atoms with van der Waals surface area (Å²) >= 11 is 0.934. The quantitative estimate of drug-likeness (QED) is 0.818. The van der Waals surface area contributed by atoms with E-state index in [0.29, 0.717) is 6.42 Å². The largest absolute Gasteiger partial charge is 0.481 e. The van der Waals surface area contributed by atoms with E-state index in [0.717, 1.165) is 11.3 Å². The monoisotopic (exact) mass is 202 g/mol. The maximum Gasteiger partial charge on any atom is 0.313 e. The molecule has 1 rings (SSSR count). The molecule has 1 unspecified atom stereocenters. The zero-order valence-corrected chi connectivity index (χ0v) is 8.32. The van der Waals surface area contributed by atoms with Gasteiger partial charge in [-0.15, -0.1) is 11.3 Å². The number of aliphatic carboxylic acids is 1. The molecule has 1 N–H and O–H groups in total. The first-order valence-electron chi connectivity index (χ1n) is 3.99. The van der Waals surface area contributed by atoms with Crippen LogP contribution in [0.3, 0.4) is 0 Å². The zero-order valence-electron chi connectivity index (χ0n) is 7.50. The molecular formula is C9H11FO2S. The van der Waals surface area contributed by atoms with Gasteiger partial charge in [0.05, 0.1) is 5.41 Å². The molecule has 0 radical (unpaired) electrons. The van der Waals surface area contributed by atoms with Crippen molar-refractivity contribution in [3.05, 3.63) is 22.1 Å². The Hall–Kier alpha value is -0.900. The van der Waals surface area contributed by atoms with Crippen molar-refractivity contribution < 1.29 is 14.3 Å². The summed E-state index contributed by atoms with van der Waals surface area (Å²) in [5.74, 6) is -0.979. The summed E-state index contributed by atoms with van der Waals surface area (Å²) in [6.07, 6.45) is 0.385. The number of hydrogen-bond acceptors (Lipinski definition) is 2. The maximum absolute atomic E-state index is 13.1. The molecule has 0 aliphatic rings. The van der Waals surface area contributed by atoms with E-state index in [9.17, 15) is 9.18 Å². The third-order valence-corrected chi connectivity index (χ3v) is 3.09. The highest BCUT2D eigenvalue weighted by atomic mass is 32.1. The fourth-order valence-corrected chi connectivity index (χ4v) is 1.89. The van der Waals surface area contributed by atoms with Gasteiger partial charge in [-0.1, -0.05) is 6.92 Å². The topological polar surface area (TPSA) is 37.3 Å².